The van der Waals surface area contributed by atoms with Crippen molar-refractivity contribution < 1.29 is 4.79 Å². The predicted octanol–water partition coefficient (Wildman–Crippen LogP) is 1.98. The summed E-state index contributed by atoms with van der Waals surface area (Å²) < 4.78 is 0. The van der Waals surface area contributed by atoms with Crippen LogP contribution in [0.4, 0.5) is 0 Å². The number of nitrogens with zero attached hydrogens (tertiary/aromatic N) is 2. The SMILES string of the molecule is CC(=O)N1CC2CC1CC2CN1CCC(C)CC1. The monoisotopic (exact) mass is 250 g/mol. The highest BCUT2D eigenvalue weighted by Gasteiger charge is 2.45. The van der Waals surface area contributed by atoms with Gasteiger partial charge < -0.3 is 9.80 Å². The Balaban J connectivity index is 1.51. The van der Waals surface area contributed by atoms with Gasteiger partial charge in [-0.2, -0.15) is 0 Å². The number of rotatable bonds is 2. The van der Waals surface area contributed by atoms with Gasteiger partial charge in [0.25, 0.3) is 0 Å². The third-order valence-corrected chi connectivity index (χ3v) is 5.46. The van der Waals surface area contributed by atoms with Crippen molar-refractivity contribution in [3.8, 4) is 0 Å². The Morgan fingerprint density at radius 3 is 2.50 bits per heavy atom. The Morgan fingerprint density at radius 2 is 1.94 bits per heavy atom. The zero-order chi connectivity index (χ0) is 12.7. The maximum Gasteiger partial charge on any atom is 0.219 e. The molecule has 3 unspecified atom stereocenters. The van der Waals surface area contributed by atoms with Gasteiger partial charge in [-0.1, -0.05) is 6.92 Å². The molecule has 3 atom stereocenters. The average molecular weight is 250 g/mol. The Labute approximate surface area is 111 Å². The lowest BCUT2D eigenvalue weighted by molar-refractivity contribution is -0.130. The van der Waals surface area contributed by atoms with Crippen molar-refractivity contribution in [3.63, 3.8) is 0 Å². The first-order valence-corrected chi connectivity index (χ1v) is 7.63. The summed E-state index contributed by atoms with van der Waals surface area (Å²) in [6, 6.07) is 0.571. The molecule has 3 nitrogen and oxygen atoms in total. The second-order valence-electron chi connectivity index (χ2n) is 6.80. The molecular weight excluding hydrogens is 224 g/mol. The molecule has 102 valence electrons. The lowest BCUT2D eigenvalue weighted by Crippen LogP contribution is -2.43. The van der Waals surface area contributed by atoms with Crippen molar-refractivity contribution in [2.75, 3.05) is 26.2 Å². The topological polar surface area (TPSA) is 23.6 Å². The minimum absolute atomic E-state index is 0.285. The maximum absolute atomic E-state index is 11.5. The van der Waals surface area contributed by atoms with E-state index in [0.717, 1.165) is 24.3 Å². The molecule has 0 aromatic rings. The molecule has 0 radical (unpaired) electrons. The molecule has 2 bridgehead atoms. The highest BCUT2D eigenvalue weighted by atomic mass is 16.2. The summed E-state index contributed by atoms with van der Waals surface area (Å²) in [7, 11) is 0. The van der Waals surface area contributed by atoms with Crippen molar-refractivity contribution in [3.05, 3.63) is 0 Å². The third kappa shape index (κ3) is 2.29. The summed E-state index contributed by atoms with van der Waals surface area (Å²) in [6.45, 7) is 9.02. The van der Waals surface area contributed by atoms with Crippen molar-refractivity contribution >= 4 is 5.91 Å². The van der Waals surface area contributed by atoms with E-state index in [1.165, 1.54) is 45.3 Å². The molecular formula is C15H26N2O. The summed E-state index contributed by atoms with van der Waals surface area (Å²) in [5, 5.41) is 0. The van der Waals surface area contributed by atoms with Crippen molar-refractivity contribution in [1.82, 2.24) is 9.80 Å². The van der Waals surface area contributed by atoms with E-state index in [9.17, 15) is 4.79 Å². The van der Waals surface area contributed by atoms with Crippen LogP contribution in [-0.4, -0.2) is 47.9 Å². The number of hydrogen-bond acceptors (Lipinski definition) is 2. The van der Waals surface area contributed by atoms with Crippen LogP contribution in [0.5, 0.6) is 0 Å². The van der Waals surface area contributed by atoms with E-state index < -0.39 is 0 Å². The van der Waals surface area contributed by atoms with Gasteiger partial charge in [-0.15, -0.1) is 0 Å². The molecule has 1 amide bonds. The molecule has 18 heavy (non-hydrogen) atoms. The standard InChI is InChI=1S/C15H26N2O/c1-11-3-5-16(6-4-11)9-13-7-15-8-14(13)10-17(15)12(2)18/h11,13-15H,3-10H2,1-2H3. The Morgan fingerprint density at radius 1 is 1.22 bits per heavy atom. The molecule has 2 heterocycles. The van der Waals surface area contributed by atoms with E-state index >= 15 is 0 Å². The van der Waals surface area contributed by atoms with Crippen LogP contribution in [0.2, 0.25) is 0 Å². The first kappa shape index (κ1) is 12.5. The number of amides is 1. The molecule has 3 rings (SSSR count). The summed E-state index contributed by atoms with van der Waals surface area (Å²) >= 11 is 0. The normalized spacial score (nSPS) is 37.4. The van der Waals surface area contributed by atoms with Crippen LogP contribution in [0.1, 0.15) is 39.5 Å². The third-order valence-electron chi connectivity index (χ3n) is 5.46. The second kappa shape index (κ2) is 4.84. The zero-order valence-corrected chi connectivity index (χ0v) is 11.8. The van der Waals surface area contributed by atoms with Gasteiger partial charge in [0.15, 0.2) is 0 Å². The van der Waals surface area contributed by atoms with Crippen LogP contribution in [0, 0.1) is 17.8 Å². The van der Waals surface area contributed by atoms with Crippen molar-refractivity contribution in [1.29, 1.82) is 0 Å². The number of likely N-dealkylation sites (tertiary alicyclic amines) is 2. The molecule has 0 N–H and O–H groups in total. The molecule has 3 fully saturated rings. The van der Waals surface area contributed by atoms with Gasteiger partial charge >= 0.3 is 0 Å². The summed E-state index contributed by atoms with van der Waals surface area (Å²) in [5.74, 6) is 2.86. The van der Waals surface area contributed by atoms with Gasteiger partial charge in [-0.3, -0.25) is 4.79 Å². The van der Waals surface area contributed by atoms with Crippen LogP contribution in [0.25, 0.3) is 0 Å². The van der Waals surface area contributed by atoms with E-state index in [2.05, 4.69) is 16.7 Å². The molecule has 2 saturated heterocycles. The molecule has 1 saturated carbocycles. The van der Waals surface area contributed by atoms with Crippen LogP contribution in [-0.2, 0) is 4.79 Å². The highest BCUT2D eigenvalue weighted by molar-refractivity contribution is 5.74. The molecule has 0 aromatic heterocycles. The van der Waals surface area contributed by atoms with Gasteiger partial charge in [0.05, 0.1) is 0 Å². The summed E-state index contributed by atoms with van der Waals surface area (Å²) in [5.41, 5.74) is 0. The molecule has 0 spiro atoms. The fourth-order valence-corrected chi connectivity index (χ4v) is 4.25. The van der Waals surface area contributed by atoms with E-state index in [4.69, 9.17) is 0 Å². The van der Waals surface area contributed by atoms with Crippen LogP contribution < -0.4 is 0 Å². The van der Waals surface area contributed by atoms with Crippen LogP contribution in [0.15, 0.2) is 0 Å². The minimum Gasteiger partial charge on any atom is -0.340 e. The van der Waals surface area contributed by atoms with E-state index in [0.29, 0.717) is 6.04 Å². The van der Waals surface area contributed by atoms with Crippen LogP contribution in [0.3, 0.4) is 0 Å². The van der Waals surface area contributed by atoms with Gasteiger partial charge in [-0.05, 0) is 56.5 Å². The number of piperidine rings is 2. The second-order valence-corrected chi connectivity index (χ2v) is 6.80. The van der Waals surface area contributed by atoms with Crippen molar-refractivity contribution in [2.45, 2.75) is 45.6 Å². The molecule has 0 aromatic carbocycles. The number of hydrogen-bond donors (Lipinski definition) is 0. The number of carbonyl (C=O) groups excluding carboxylic acids is 1. The van der Waals surface area contributed by atoms with E-state index in [1.807, 2.05) is 0 Å². The maximum atomic E-state index is 11.5. The fourth-order valence-electron chi connectivity index (χ4n) is 4.25. The summed E-state index contributed by atoms with van der Waals surface area (Å²) in [4.78, 5) is 16.3. The molecule has 1 aliphatic carbocycles. The largest absolute Gasteiger partial charge is 0.340 e. The van der Waals surface area contributed by atoms with Crippen LogP contribution >= 0.6 is 0 Å². The van der Waals surface area contributed by atoms with Crippen molar-refractivity contribution in [2.24, 2.45) is 17.8 Å². The number of carbonyl (C=O) groups is 1. The Bertz CT molecular complexity index is 322. The Hall–Kier alpha value is -0.570. The average Bonchev–Trinajstić information content (AvgIpc) is 2.91. The lowest BCUT2D eigenvalue weighted by Gasteiger charge is -2.36. The fraction of sp³-hybridized carbons (Fsp3) is 0.933. The van der Waals surface area contributed by atoms with E-state index in [1.54, 1.807) is 6.92 Å². The first-order chi connectivity index (χ1) is 8.63. The Kier molecular flexibility index (Phi) is 3.35. The number of fused-ring (bicyclic) bond motifs is 2. The van der Waals surface area contributed by atoms with Gasteiger partial charge in [0.2, 0.25) is 5.91 Å². The molecule has 3 heteroatoms. The highest BCUT2D eigenvalue weighted by Crippen LogP contribution is 2.42. The lowest BCUT2D eigenvalue weighted by atomic mass is 9.92. The molecule has 2 aliphatic heterocycles. The quantitative estimate of drug-likeness (QED) is 0.748. The predicted molar refractivity (Wildman–Crippen MR) is 72.2 cm³/mol. The first-order valence-electron chi connectivity index (χ1n) is 7.63. The van der Waals surface area contributed by atoms with Gasteiger partial charge in [0, 0.05) is 26.1 Å². The smallest absolute Gasteiger partial charge is 0.219 e. The molecule has 3 aliphatic rings. The van der Waals surface area contributed by atoms with E-state index in [-0.39, 0.29) is 5.91 Å². The zero-order valence-electron chi connectivity index (χ0n) is 11.8. The van der Waals surface area contributed by atoms with Gasteiger partial charge in [0.1, 0.15) is 0 Å². The summed E-state index contributed by atoms with van der Waals surface area (Å²) in [6.07, 6.45) is 5.28. The minimum atomic E-state index is 0.285. The van der Waals surface area contributed by atoms with Gasteiger partial charge in [-0.25, -0.2) is 0 Å².